The molecule has 1 aromatic heterocycles. The second-order valence-corrected chi connectivity index (χ2v) is 5.37. The van der Waals surface area contributed by atoms with Crippen LogP contribution < -0.4 is 16.4 Å². The molecule has 18 heavy (non-hydrogen) atoms. The Morgan fingerprint density at radius 3 is 2.39 bits per heavy atom. The Morgan fingerprint density at radius 2 is 1.89 bits per heavy atom. The van der Waals surface area contributed by atoms with Gasteiger partial charge in [-0.2, -0.15) is 0 Å². The Balaban J connectivity index is 2.52. The Kier molecular flexibility index (Phi) is 5.30. The number of carbonyl (C=O) groups excluding carboxylic acids is 2. The fourth-order valence-electron chi connectivity index (χ4n) is 1.38. The number of nitrogens with one attached hydrogen (secondary N) is 2. The molecule has 0 spiro atoms. The lowest BCUT2D eigenvalue weighted by atomic mass is 10.2. The van der Waals surface area contributed by atoms with Crippen LogP contribution in [0.15, 0.2) is 17.5 Å². The van der Waals surface area contributed by atoms with Crippen LogP contribution in [-0.2, 0) is 9.59 Å². The number of nitrogens with two attached hydrogens (primary N) is 1. The summed E-state index contributed by atoms with van der Waals surface area (Å²) in [6, 6.07) is 2.36. The molecule has 2 atom stereocenters. The molecule has 1 rings (SSSR count). The maximum atomic E-state index is 11.8. The molecule has 1 heterocycles. The zero-order chi connectivity index (χ0) is 13.7. The van der Waals surface area contributed by atoms with Gasteiger partial charge in [0.15, 0.2) is 0 Å². The van der Waals surface area contributed by atoms with Crippen LogP contribution in [-0.4, -0.2) is 23.9 Å². The minimum Gasteiger partial charge on any atom is -0.352 e. The van der Waals surface area contributed by atoms with Crippen LogP contribution in [0, 0.1) is 0 Å². The van der Waals surface area contributed by atoms with Gasteiger partial charge in [-0.3, -0.25) is 9.59 Å². The van der Waals surface area contributed by atoms with Crippen LogP contribution in [0.1, 0.15) is 31.7 Å². The highest BCUT2D eigenvalue weighted by molar-refractivity contribution is 7.10. The van der Waals surface area contributed by atoms with E-state index in [4.69, 9.17) is 5.73 Å². The first-order valence-electron chi connectivity index (χ1n) is 5.81. The number of amides is 2. The van der Waals surface area contributed by atoms with Crippen molar-refractivity contribution in [3.63, 3.8) is 0 Å². The summed E-state index contributed by atoms with van der Waals surface area (Å²) < 4.78 is 0. The van der Waals surface area contributed by atoms with Gasteiger partial charge in [0.1, 0.15) is 12.1 Å². The van der Waals surface area contributed by atoms with E-state index in [2.05, 4.69) is 10.6 Å². The highest BCUT2D eigenvalue weighted by Crippen LogP contribution is 2.16. The van der Waals surface area contributed by atoms with Gasteiger partial charge in [0.2, 0.25) is 11.8 Å². The van der Waals surface area contributed by atoms with Gasteiger partial charge < -0.3 is 16.4 Å². The predicted octanol–water partition coefficient (Wildman–Crippen LogP) is 0.777. The van der Waals surface area contributed by atoms with Crippen molar-refractivity contribution >= 4 is 23.2 Å². The Morgan fingerprint density at radius 1 is 1.22 bits per heavy atom. The van der Waals surface area contributed by atoms with E-state index in [0.29, 0.717) is 0 Å². The summed E-state index contributed by atoms with van der Waals surface area (Å²) in [6.07, 6.45) is 0. The third-order valence-electron chi connectivity index (χ3n) is 2.32. The zero-order valence-electron chi connectivity index (χ0n) is 10.8. The van der Waals surface area contributed by atoms with E-state index in [9.17, 15) is 9.59 Å². The standard InChI is InChI=1S/C12H19N3O2S/c1-7(2)14-11(16)8(3)15-12(17)10(13)9-5-4-6-18-9/h4-8,10H,13H2,1-3H3,(H,14,16)(H,15,17). The lowest BCUT2D eigenvalue weighted by Gasteiger charge is -2.18. The first-order valence-corrected chi connectivity index (χ1v) is 6.69. The number of carbonyl (C=O) groups is 2. The SMILES string of the molecule is CC(C)NC(=O)C(C)NC(=O)C(N)c1cccs1. The van der Waals surface area contributed by atoms with Gasteiger partial charge in [0, 0.05) is 10.9 Å². The maximum absolute atomic E-state index is 11.8. The van der Waals surface area contributed by atoms with E-state index in [1.807, 2.05) is 25.3 Å². The molecular formula is C12H19N3O2S. The van der Waals surface area contributed by atoms with Crippen molar-refractivity contribution in [1.29, 1.82) is 0 Å². The van der Waals surface area contributed by atoms with E-state index < -0.39 is 12.1 Å². The largest absolute Gasteiger partial charge is 0.352 e. The van der Waals surface area contributed by atoms with Gasteiger partial charge in [0.05, 0.1) is 0 Å². The molecule has 0 aliphatic heterocycles. The molecular weight excluding hydrogens is 250 g/mol. The third-order valence-corrected chi connectivity index (χ3v) is 3.27. The van der Waals surface area contributed by atoms with Gasteiger partial charge in [-0.25, -0.2) is 0 Å². The summed E-state index contributed by atoms with van der Waals surface area (Å²) >= 11 is 1.42. The molecule has 0 radical (unpaired) electrons. The average molecular weight is 269 g/mol. The quantitative estimate of drug-likeness (QED) is 0.738. The van der Waals surface area contributed by atoms with Crippen molar-refractivity contribution < 1.29 is 9.59 Å². The van der Waals surface area contributed by atoms with Crippen LogP contribution in [0.25, 0.3) is 0 Å². The number of rotatable bonds is 5. The lowest BCUT2D eigenvalue weighted by molar-refractivity contribution is -0.129. The van der Waals surface area contributed by atoms with Crippen LogP contribution in [0.4, 0.5) is 0 Å². The molecule has 0 saturated heterocycles. The molecule has 0 bridgehead atoms. The minimum absolute atomic E-state index is 0.0443. The van der Waals surface area contributed by atoms with E-state index in [-0.39, 0.29) is 17.9 Å². The van der Waals surface area contributed by atoms with Crippen molar-refractivity contribution in [1.82, 2.24) is 10.6 Å². The second kappa shape index (κ2) is 6.51. The molecule has 5 nitrogen and oxygen atoms in total. The van der Waals surface area contributed by atoms with Crippen molar-refractivity contribution in [3.05, 3.63) is 22.4 Å². The summed E-state index contributed by atoms with van der Waals surface area (Å²) in [6.45, 7) is 5.37. The normalized spacial score (nSPS) is 14.1. The van der Waals surface area contributed by atoms with Gasteiger partial charge in [-0.1, -0.05) is 6.07 Å². The van der Waals surface area contributed by atoms with E-state index in [1.165, 1.54) is 11.3 Å². The molecule has 1 aromatic rings. The van der Waals surface area contributed by atoms with E-state index in [0.717, 1.165) is 4.88 Å². The van der Waals surface area contributed by atoms with Crippen molar-refractivity contribution in [3.8, 4) is 0 Å². The number of thiophene rings is 1. The molecule has 0 aromatic carbocycles. The molecule has 0 saturated carbocycles. The molecule has 100 valence electrons. The molecule has 4 N–H and O–H groups in total. The third kappa shape index (κ3) is 4.12. The van der Waals surface area contributed by atoms with Crippen LogP contribution in [0.5, 0.6) is 0 Å². The molecule has 0 aliphatic rings. The molecule has 6 heteroatoms. The second-order valence-electron chi connectivity index (χ2n) is 4.39. The average Bonchev–Trinajstić information content (AvgIpc) is 2.80. The van der Waals surface area contributed by atoms with Gasteiger partial charge in [-0.15, -0.1) is 11.3 Å². The van der Waals surface area contributed by atoms with Crippen LogP contribution in [0.3, 0.4) is 0 Å². The van der Waals surface area contributed by atoms with Crippen LogP contribution in [0.2, 0.25) is 0 Å². The molecule has 2 amide bonds. The molecule has 2 unspecified atom stereocenters. The monoisotopic (exact) mass is 269 g/mol. The van der Waals surface area contributed by atoms with Crippen molar-refractivity contribution in [2.75, 3.05) is 0 Å². The predicted molar refractivity (Wildman–Crippen MR) is 72.1 cm³/mol. The topological polar surface area (TPSA) is 84.2 Å². The van der Waals surface area contributed by atoms with Gasteiger partial charge in [0.25, 0.3) is 0 Å². The van der Waals surface area contributed by atoms with Gasteiger partial charge >= 0.3 is 0 Å². The highest BCUT2D eigenvalue weighted by atomic mass is 32.1. The fraction of sp³-hybridized carbons (Fsp3) is 0.500. The lowest BCUT2D eigenvalue weighted by Crippen LogP contribution is -2.48. The van der Waals surface area contributed by atoms with Crippen molar-refractivity contribution in [2.24, 2.45) is 5.73 Å². The smallest absolute Gasteiger partial charge is 0.242 e. The fourth-order valence-corrected chi connectivity index (χ4v) is 2.10. The summed E-state index contributed by atoms with van der Waals surface area (Å²) in [4.78, 5) is 24.2. The first kappa shape index (κ1) is 14.7. The van der Waals surface area contributed by atoms with E-state index in [1.54, 1.807) is 13.0 Å². The van der Waals surface area contributed by atoms with Gasteiger partial charge in [-0.05, 0) is 32.2 Å². The first-order chi connectivity index (χ1) is 8.41. The molecule has 0 fully saturated rings. The Hall–Kier alpha value is -1.40. The van der Waals surface area contributed by atoms with E-state index >= 15 is 0 Å². The summed E-state index contributed by atoms with van der Waals surface area (Å²) in [5.41, 5.74) is 5.80. The highest BCUT2D eigenvalue weighted by Gasteiger charge is 2.21. The Bertz CT molecular complexity index is 403. The van der Waals surface area contributed by atoms with Crippen molar-refractivity contribution in [2.45, 2.75) is 38.9 Å². The minimum atomic E-state index is -0.723. The van der Waals surface area contributed by atoms with Crippen LogP contribution >= 0.6 is 11.3 Å². The maximum Gasteiger partial charge on any atom is 0.242 e. The Labute approximate surface area is 111 Å². The zero-order valence-corrected chi connectivity index (χ0v) is 11.6. The summed E-state index contributed by atoms with van der Waals surface area (Å²) in [7, 11) is 0. The summed E-state index contributed by atoms with van der Waals surface area (Å²) in [5, 5.41) is 7.19. The number of hydrogen-bond acceptors (Lipinski definition) is 4. The summed E-state index contributed by atoms with van der Waals surface area (Å²) in [5.74, 6) is -0.555. The molecule has 0 aliphatic carbocycles. The number of hydrogen-bond donors (Lipinski definition) is 3.